The fraction of sp³-hybridized carbons (Fsp3) is 0.200. The summed E-state index contributed by atoms with van der Waals surface area (Å²) in [6.07, 6.45) is 5.33. The first-order chi connectivity index (χ1) is 7.25. The molecule has 0 unspecified atom stereocenters. The van der Waals surface area contributed by atoms with Crippen LogP contribution in [-0.2, 0) is 13.6 Å². The lowest BCUT2D eigenvalue weighted by atomic mass is 10.3. The number of hydrogen-bond donors (Lipinski definition) is 2. The van der Waals surface area contributed by atoms with Gasteiger partial charge in [-0.05, 0) is 11.6 Å². The number of aromatic nitrogens is 3. The van der Waals surface area contributed by atoms with Gasteiger partial charge in [0.15, 0.2) is 5.82 Å². The first-order valence-electron chi connectivity index (χ1n) is 4.67. The standard InChI is InChI=1S/C10H13N5/c1-15-7-9(11)10(14-15)13-6-8-3-2-4-12-5-8/h2-5,7H,6,11H2,1H3,(H,13,14). The number of nitrogens with zero attached hydrogens (tertiary/aromatic N) is 3. The summed E-state index contributed by atoms with van der Waals surface area (Å²) in [6.45, 7) is 0.676. The van der Waals surface area contributed by atoms with E-state index in [2.05, 4.69) is 15.4 Å². The molecule has 0 aliphatic carbocycles. The van der Waals surface area contributed by atoms with Crippen molar-refractivity contribution < 1.29 is 0 Å². The molecule has 3 N–H and O–H groups in total. The maximum atomic E-state index is 5.74. The Morgan fingerprint density at radius 3 is 3.00 bits per heavy atom. The van der Waals surface area contributed by atoms with Crippen molar-refractivity contribution in [2.24, 2.45) is 7.05 Å². The van der Waals surface area contributed by atoms with Crippen LogP contribution < -0.4 is 11.1 Å². The molecule has 2 aromatic heterocycles. The Bertz CT molecular complexity index is 434. The number of hydrogen-bond acceptors (Lipinski definition) is 4. The molecule has 0 amide bonds. The molecule has 5 nitrogen and oxygen atoms in total. The Hall–Kier alpha value is -2.04. The monoisotopic (exact) mass is 203 g/mol. The predicted molar refractivity (Wildman–Crippen MR) is 59.2 cm³/mol. The van der Waals surface area contributed by atoms with E-state index in [-0.39, 0.29) is 0 Å². The van der Waals surface area contributed by atoms with Gasteiger partial charge in [0.1, 0.15) is 0 Å². The first-order valence-corrected chi connectivity index (χ1v) is 4.67. The molecule has 0 atom stereocenters. The molecule has 0 spiro atoms. The highest BCUT2D eigenvalue weighted by Gasteiger charge is 2.02. The normalized spacial score (nSPS) is 10.2. The van der Waals surface area contributed by atoms with Gasteiger partial charge < -0.3 is 11.1 Å². The summed E-state index contributed by atoms with van der Waals surface area (Å²) in [5.41, 5.74) is 7.50. The molecular weight excluding hydrogens is 190 g/mol. The van der Waals surface area contributed by atoms with Gasteiger partial charge in [-0.2, -0.15) is 5.10 Å². The molecule has 5 heteroatoms. The fourth-order valence-electron chi connectivity index (χ4n) is 1.33. The van der Waals surface area contributed by atoms with Crippen molar-refractivity contribution in [3.63, 3.8) is 0 Å². The lowest BCUT2D eigenvalue weighted by molar-refractivity contribution is 0.768. The topological polar surface area (TPSA) is 68.8 Å². The molecule has 2 aromatic rings. The summed E-state index contributed by atoms with van der Waals surface area (Å²) in [6, 6.07) is 3.90. The van der Waals surface area contributed by atoms with E-state index in [1.807, 2.05) is 25.4 Å². The van der Waals surface area contributed by atoms with Crippen LogP contribution in [-0.4, -0.2) is 14.8 Å². The molecule has 78 valence electrons. The molecule has 0 aliphatic heterocycles. The van der Waals surface area contributed by atoms with Crippen LogP contribution in [0.1, 0.15) is 5.56 Å². The average Bonchev–Trinajstić information content (AvgIpc) is 2.56. The Balaban J connectivity index is 2.02. The van der Waals surface area contributed by atoms with Crippen molar-refractivity contribution in [3.05, 3.63) is 36.3 Å². The van der Waals surface area contributed by atoms with Crippen molar-refractivity contribution in [1.29, 1.82) is 0 Å². The third-order valence-electron chi connectivity index (χ3n) is 2.04. The zero-order chi connectivity index (χ0) is 10.7. The Kier molecular flexibility index (Phi) is 2.53. The van der Waals surface area contributed by atoms with Crippen LogP contribution >= 0.6 is 0 Å². The van der Waals surface area contributed by atoms with Crippen molar-refractivity contribution in [3.8, 4) is 0 Å². The number of anilines is 2. The number of nitrogens with one attached hydrogen (secondary N) is 1. The van der Waals surface area contributed by atoms with Crippen LogP contribution in [0.3, 0.4) is 0 Å². The second kappa shape index (κ2) is 4.00. The van der Waals surface area contributed by atoms with Crippen molar-refractivity contribution in [1.82, 2.24) is 14.8 Å². The van der Waals surface area contributed by atoms with Gasteiger partial charge in [0.2, 0.25) is 0 Å². The van der Waals surface area contributed by atoms with E-state index in [0.717, 1.165) is 5.56 Å². The zero-order valence-electron chi connectivity index (χ0n) is 8.51. The summed E-state index contributed by atoms with van der Waals surface area (Å²) in [5, 5.41) is 7.34. The molecule has 15 heavy (non-hydrogen) atoms. The predicted octanol–water partition coefficient (Wildman–Crippen LogP) is 1.01. The number of nitrogen functional groups attached to an aromatic ring is 1. The summed E-state index contributed by atoms with van der Waals surface area (Å²) in [4.78, 5) is 4.03. The lowest BCUT2D eigenvalue weighted by Gasteiger charge is -2.02. The van der Waals surface area contributed by atoms with Crippen molar-refractivity contribution in [2.45, 2.75) is 6.54 Å². The van der Waals surface area contributed by atoms with Gasteiger partial charge >= 0.3 is 0 Å². The minimum atomic E-state index is 0.654. The van der Waals surface area contributed by atoms with Crippen molar-refractivity contribution >= 4 is 11.5 Å². The number of nitrogens with two attached hydrogens (primary N) is 1. The summed E-state index contributed by atoms with van der Waals surface area (Å²) in [7, 11) is 1.84. The number of rotatable bonds is 3. The van der Waals surface area contributed by atoms with Gasteiger partial charge in [0.05, 0.1) is 5.69 Å². The molecule has 0 radical (unpaired) electrons. The van der Waals surface area contributed by atoms with Crippen LogP contribution in [0.25, 0.3) is 0 Å². The SMILES string of the molecule is Cn1cc(N)c(NCc2cccnc2)n1. The minimum absolute atomic E-state index is 0.654. The van der Waals surface area contributed by atoms with E-state index in [1.54, 1.807) is 17.1 Å². The highest BCUT2D eigenvalue weighted by atomic mass is 15.3. The third-order valence-corrected chi connectivity index (χ3v) is 2.04. The van der Waals surface area contributed by atoms with E-state index < -0.39 is 0 Å². The molecule has 2 rings (SSSR count). The summed E-state index contributed by atoms with van der Waals surface area (Å²) < 4.78 is 1.68. The van der Waals surface area contributed by atoms with Crippen LogP contribution in [0, 0.1) is 0 Å². The number of pyridine rings is 1. The number of aryl methyl sites for hydroxylation is 1. The highest BCUT2D eigenvalue weighted by molar-refractivity contribution is 5.59. The van der Waals surface area contributed by atoms with E-state index in [9.17, 15) is 0 Å². The molecule has 0 saturated heterocycles. The Labute approximate surface area is 87.9 Å². The molecule has 0 saturated carbocycles. The van der Waals surface area contributed by atoms with Gasteiger partial charge in [0.25, 0.3) is 0 Å². The third kappa shape index (κ3) is 2.25. The molecular formula is C10H13N5. The smallest absolute Gasteiger partial charge is 0.171 e. The van der Waals surface area contributed by atoms with Crippen LogP contribution in [0.15, 0.2) is 30.7 Å². The first kappa shape index (κ1) is 9.51. The highest BCUT2D eigenvalue weighted by Crippen LogP contribution is 2.14. The van der Waals surface area contributed by atoms with Gasteiger partial charge in [-0.1, -0.05) is 6.07 Å². The molecule has 0 bridgehead atoms. The van der Waals surface area contributed by atoms with Crippen LogP contribution in [0.4, 0.5) is 11.5 Å². The Morgan fingerprint density at radius 2 is 2.40 bits per heavy atom. The molecule has 2 heterocycles. The second-order valence-corrected chi connectivity index (χ2v) is 3.32. The molecule has 0 aliphatic rings. The van der Waals surface area contributed by atoms with Gasteiger partial charge in [-0.3, -0.25) is 9.67 Å². The quantitative estimate of drug-likeness (QED) is 0.781. The average molecular weight is 203 g/mol. The maximum Gasteiger partial charge on any atom is 0.171 e. The van der Waals surface area contributed by atoms with E-state index in [4.69, 9.17) is 5.73 Å². The largest absolute Gasteiger partial charge is 0.394 e. The summed E-state index contributed by atoms with van der Waals surface area (Å²) in [5.74, 6) is 0.710. The van der Waals surface area contributed by atoms with E-state index in [1.165, 1.54) is 0 Å². The maximum absolute atomic E-state index is 5.74. The molecule has 0 fully saturated rings. The zero-order valence-corrected chi connectivity index (χ0v) is 8.51. The fourth-order valence-corrected chi connectivity index (χ4v) is 1.33. The van der Waals surface area contributed by atoms with E-state index in [0.29, 0.717) is 18.1 Å². The molecule has 0 aromatic carbocycles. The van der Waals surface area contributed by atoms with Crippen LogP contribution in [0.5, 0.6) is 0 Å². The van der Waals surface area contributed by atoms with E-state index >= 15 is 0 Å². The minimum Gasteiger partial charge on any atom is -0.394 e. The van der Waals surface area contributed by atoms with Gasteiger partial charge in [-0.25, -0.2) is 0 Å². The Morgan fingerprint density at radius 1 is 1.53 bits per heavy atom. The van der Waals surface area contributed by atoms with Gasteiger partial charge in [-0.15, -0.1) is 0 Å². The van der Waals surface area contributed by atoms with Crippen molar-refractivity contribution in [2.75, 3.05) is 11.1 Å². The summed E-state index contributed by atoms with van der Waals surface area (Å²) >= 11 is 0. The van der Waals surface area contributed by atoms with Gasteiger partial charge in [0, 0.05) is 32.2 Å². The van der Waals surface area contributed by atoms with Crippen LogP contribution in [0.2, 0.25) is 0 Å². The lowest BCUT2D eigenvalue weighted by Crippen LogP contribution is -2.02. The second-order valence-electron chi connectivity index (χ2n) is 3.32.